The number of hydrogen-bond donors (Lipinski definition) is 3. The molecular weight excluding hydrogens is 350 g/mol. The number of β-lactam (4-membered cyclic amide) rings is 1. The second-order valence-corrected chi connectivity index (χ2v) is 9.27. The minimum atomic E-state index is -1.14. The molecule has 0 saturated carbocycles. The first-order valence-electron chi connectivity index (χ1n) is 7.42. The zero-order valence-electron chi connectivity index (χ0n) is 13.5. The summed E-state index contributed by atoms with van der Waals surface area (Å²) in [6, 6.07) is 0.000157. The SMILES string of the molecule is CC1(C)S[C@H]2N(C(=O)[C@]2(C)NC(=O)C(N)c2ccsc2)[C@H]1C(=O)O. The molecule has 9 heteroatoms. The molecule has 2 aliphatic rings. The van der Waals surface area contributed by atoms with Crippen LogP contribution < -0.4 is 11.1 Å². The van der Waals surface area contributed by atoms with Crippen LogP contribution >= 0.6 is 23.1 Å². The fourth-order valence-electron chi connectivity index (χ4n) is 3.28. The average Bonchev–Trinajstić information content (AvgIpc) is 3.10. The molecule has 3 heterocycles. The van der Waals surface area contributed by atoms with Gasteiger partial charge in [0.15, 0.2) is 0 Å². The van der Waals surface area contributed by atoms with Crippen molar-refractivity contribution < 1.29 is 19.5 Å². The number of carbonyl (C=O) groups is 3. The van der Waals surface area contributed by atoms with E-state index in [1.54, 1.807) is 32.2 Å². The van der Waals surface area contributed by atoms with E-state index >= 15 is 0 Å². The third kappa shape index (κ3) is 2.34. The summed E-state index contributed by atoms with van der Waals surface area (Å²) in [7, 11) is 0. The molecule has 0 bridgehead atoms. The quantitative estimate of drug-likeness (QED) is 0.676. The average molecular weight is 369 g/mol. The van der Waals surface area contributed by atoms with Gasteiger partial charge in [-0.15, -0.1) is 11.8 Å². The van der Waals surface area contributed by atoms with Gasteiger partial charge >= 0.3 is 5.97 Å². The number of nitrogens with two attached hydrogens (primary N) is 1. The number of amides is 2. The second kappa shape index (κ2) is 5.47. The lowest BCUT2D eigenvalue weighted by molar-refractivity contribution is -0.168. The number of hydrogen-bond acceptors (Lipinski definition) is 6. The van der Waals surface area contributed by atoms with Crippen molar-refractivity contribution in [1.82, 2.24) is 10.2 Å². The number of thioether (sulfide) groups is 1. The number of thiophene rings is 1. The molecule has 2 amide bonds. The number of fused-ring (bicyclic) bond motifs is 1. The van der Waals surface area contributed by atoms with Gasteiger partial charge in [-0.25, -0.2) is 4.79 Å². The van der Waals surface area contributed by atoms with E-state index in [1.165, 1.54) is 28.0 Å². The molecule has 24 heavy (non-hydrogen) atoms. The van der Waals surface area contributed by atoms with Gasteiger partial charge in [0.2, 0.25) is 5.91 Å². The van der Waals surface area contributed by atoms with E-state index in [2.05, 4.69) is 5.32 Å². The zero-order chi connectivity index (χ0) is 17.9. The molecule has 0 aromatic carbocycles. The van der Waals surface area contributed by atoms with Gasteiger partial charge in [0.05, 0.1) is 0 Å². The number of carboxylic acids is 1. The third-order valence-corrected chi connectivity index (χ3v) is 7.03. The number of rotatable bonds is 4. The van der Waals surface area contributed by atoms with Crippen LogP contribution in [0.2, 0.25) is 0 Å². The summed E-state index contributed by atoms with van der Waals surface area (Å²) in [4.78, 5) is 37.9. The Morgan fingerprint density at radius 3 is 2.62 bits per heavy atom. The maximum atomic E-state index is 12.6. The molecular formula is C15H19N3O4S2. The van der Waals surface area contributed by atoms with Crippen LogP contribution in [0.5, 0.6) is 0 Å². The Morgan fingerprint density at radius 2 is 2.08 bits per heavy atom. The first kappa shape index (κ1) is 17.2. The summed E-state index contributed by atoms with van der Waals surface area (Å²) in [5.41, 5.74) is 5.49. The predicted molar refractivity (Wildman–Crippen MR) is 91.5 cm³/mol. The minimum absolute atomic E-state index is 0.385. The molecule has 4 atom stereocenters. The molecule has 1 aromatic rings. The number of carbonyl (C=O) groups excluding carboxylic acids is 2. The largest absolute Gasteiger partial charge is 0.480 e. The molecule has 4 N–H and O–H groups in total. The van der Waals surface area contributed by atoms with Crippen LogP contribution in [0.3, 0.4) is 0 Å². The third-order valence-electron chi connectivity index (χ3n) is 4.58. The lowest BCUT2D eigenvalue weighted by Crippen LogP contribution is -2.78. The highest BCUT2D eigenvalue weighted by molar-refractivity contribution is 8.01. The highest BCUT2D eigenvalue weighted by Crippen LogP contribution is 2.54. The molecule has 0 spiro atoms. The van der Waals surface area contributed by atoms with Crippen molar-refractivity contribution in [2.75, 3.05) is 0 Å². The smallest absolute Gasteiger partial charge is 0.327 e. The normalized spacial score (nSPS) is 32.0. The van der Waals surface area contributed by atoms with Crippen molar-refractivity contribution in [1.29, 1.82) is 0 Å². The summed E-state index contributed by atoms with van der Waals surface area (Å²) < 4.78 is -0.635. The van der Waals surface area contributed by atoms with E-state index in [0.717, 1.165) is 0 Å². The number of aliphatic carboxylic acids is 1. The molecule has 2 saturated heterocycles. The van der Waals surface area contributed by atoms with Gasteiger partial charge in [0.25, 0.3) is 5.91 Å². The fraction of sp³-hybridized carbons (Fsp3) is 0.533. The van der Waals surface area contributed by atoms with Gasteiger partial charge in [-0.2, -0.15) is 11.3 Å². The van der Waals surface area contributed by atoms with Crippen molar-refractivity contribution >= 4 is 40.9 Å². The Hall–Kier alpha value is -1.58. The molecule has 2 aliphatic heterocycles. The molecule has 0 aliphatic carbocycles. The Bertz CT molecular complexity index is 706. The zero-order valence-corrected chi connectivity index (χ0v) is 15.1. The number of nitrogens with zero attached hydrogens (tertiary/aromatic N) is 1. The van der Waals surface area contributed by atoms with Crippen LogP contribution in [0.25, 0.3) is 0 Å². The highest BCUT2D eigenvalue weighted by atomic mass is 32.2. The summed E-state index contributed by atoms with van der Waals surface area (Å²) in [6.07, 6.45) is 0. The van der Waals surface area contributed by atoms with E-state index in [9.17, 15) is 19.5 Å². The molecule has 2 fully saturated rings. The van der Waals surface area contributed by atoms with Crippen molar-refractivity contribution in [3.8, 4) is 0 Å². The van der Waals surface area contributed by atoms with Crippen LogP contribution in [0.15, 0.2) is 16.8 Å². The lowest BCUT2D eigenvalue weighted by Gasteiger charge is -2.51. The van der Waals surface area contributed by atoms with Crippen LogP contribution in [0, 0.1) is 0 Å². The molecule has 7 nitrogen and oxygen atoms in total. The second-order valence-electron chi connectivity index (χ2n) is 6.75. The molecule has 1 unspecified atom stereocenters. The van der Waals surface area contributed by atoms with Crippen molar-refractivity contribution in [3.05, 3.63) is 22.4 Å². The monoisotopic (exact) mass is 369 g/mol. The lowest BCUT2D eigenvalue weighted by atomic mass is 9.86. The van der Waals surface area contributed by atoms with Crippen molar-refractivity contribution in [2.45, 2.75) is 48.5 Å². The summed E-state index contributed by atoms with van der Waals surface area (Å²) >= 11 is 2.82. The minimum Gasteiger partial charge on any atom is -0.480 e. The molecule has 0 radical (unpaired) electrons. The van der Waals surface area contributed by atoms with Crippen LogP contribution in [-0.2, 0) is 14.4 Å². The van der Waals surface area contributed by atoms with E-state index in [-0.39, 0.29) is 5.91 Å². The van der Waals surface area contributed by atoms with E-state index < -0.39 is 39.6 Å². The molecule has 130 valence electrons. The van der Waals surface area contributed by atoms with Gasteiger partial charge in [-0.3, -0.25) is 9.59 Å². The van der Waals surface area contributed by atoms with Gasteiger partial charge in [0.1, 0.15) is 23.0 Å². The number of carboxylic acid groups (broad SMARTS) is 1. The Labute approximate surface area is 147 Å². The number of nitrogens with one attached hydrogen (secondary N) is 1. The van der Waals surface area contributed by atoms with Crippen molar-refractivity contribution in [2.24, 2.45) is 5.73 Å². The van der Waals surface area contributed by atoms with Crippen LogP contribution in [-0.4, -0.2) is 49.5 Å². The Balaban J connectivity index is 1.79. The summed E-state index contributed by atoms with van der Waals surface area (Å²) in [5, 5.41) is 15.4. The Morgan fingerprint density at radius 1 is 1.42 bits per heavy atom. The molecule has 3 rings (SSSR count). The van der Waals surface area contributed by atoms with Gasteiger partial charge in [-0.05, 0) is 43.2 Å². The standard InChI is InChI=1S/C15H19N3O4S2/c1-14(2)9(11(20)21)18-12(22)15(3,13(18)24-14)17-10(19)8(16)7-4-5-23-6-7/h4-6,8-9,13H,16H2,1-3H3,(H,17,19)(H,20,21)/t8?,9-,13+,15-/m0/s1. The van der Waals surface area contributed by atoms with Gasteiger partial charge in [0, 0.05) is 4.75 Å². The van der Waals surface area contributed by atoms with E-state index in [4.69, 9.17) is 5.73 Å². The predicted octanol–water partition coefficient (Wildman–Crippen LogP) is 0.770. The maximum absolute atomic E-state index is 12.6. The topological polar surface area (TPSA) is 113 Å². The van der Waals surface area contributed by atoms with Crippen molar-refractivity contribution in [3.63, 3.8) is 0 Å². The maximum Gasteiger partial charge on any atom is 0.327 e. The Kier molecular flexibility index (Phi) is 3.93. The fourth-order valence-corrected chi connectivity index (χ4v) is 5.62. The van der Waals surface area contributed by atoms with E-state index in [1.807, 2.05) is 5.38 Å². The van der Waals surface area contributed by atoms with Gasteiger partial charge in [-0.1, -0.05) is 0 Å². The highest BCUT2D eigenvalue weighted by Gasteiger charge is 2.70. The van der Waals surface area contributed by atoms with Crippen LogP contribution in [0.4, 0.5) is 0 Å². The summed E-state index contributed by atoms with van der Waals surface area (Å²) in [6.45, 7) is 5.21. The van der Waals surface area contributed by atoms with E-state index in [0.29, 0.717) is 5.56 Å². The molecule has 1 aromatic heterocycles. The summed E-state index contributed by atoms with van der Waals surface area (Å²) in [5.74, 6) is -1.86. The van der Waals surface area contributed by atoms with Gasteiger partial charge < -0.3 is 21.1 Å². The first-order valence-corrected chi connectivity index (χ1v) is 9.25. The first-order chi connectivity index (χ1) is 11.1. The van der Waals surface area contributed by atoms with Crippen LogP contribution in [0.1, 0.15) is 32.4 Å².